The molecule has 0 atom stereocenters. The predicted octanol–water partition coefficient (Wildman–Crippen LogP) is 4.22. The van der Waals surface area contributed by atoms with Crippen LogP contribution in [-0.2, 0) is 22.3 Å². The molecule has 0 bridgehead atoms. The summed E-state index contributed by atoms with van der Waals surface area (Å²) in [5.74, 6) is 0. The third-order valence-electron chi connectivity index (χ3n) is 3.95. The van der Waals surface area contributed by atoms with Crippen LogP contribution < -0.4 is 0 Å². The zero-order valence-corrected chi connectivity index (χ0v) is 15.1. The average molecular weight is 388 g/mol. The van der Waals surface area contributed by atoms with Gasteiger partial charge in [-0.3, -0.25) is 20.2 Å². The highest BCUT2D eigenvalue weighted by Gasteiger charge is 2.07. The smallest absolute Gasteiger partial charge is 0.434 e. The van der Waals surface area contributed by atoms with Crippen molar-refractivity contribution in [2.24, 2.45) is 0 Å². The molecule has 0 N–H and O–H groups in total. The Labute approximate surface area is 161 Å². The number of nitro benzene ring substituents is 2. The fourth-order valence-electron chi connectivity index (χ4n) is 2.47. The molecule has 148 valence electrons. The fraction of sp³-hybridized carbons (Fsp3) is 0.316. The van der Waals surface area contributed by atoms with Gasteiger partial charge in [0.25, 0.3) is 11.4 Å². The number of hydrogen-bond acceptors (Lipinski definition) is 7. The van der Waals surface area contributed by atoms with Gasteiger partial charge in [-0.05, 0) is 36.8 Å². The van der Waals surface area contributed by atoms with Crippen molar-refractivity contribution in [2.45, 2.75) is 25.7 Å². The highest BCUT2D eigenvalue weighted by atomic mass is 16.7. The molecule has 0 aliphatic carbocycles. The minimum absolute atomic E-state index is 0.0392. The molecule has 0 saturated carbocycles. The van der Waals surface area contributed by atoms with Gasteiger partial charge >= 0.3 is 6.16 Å². The van der Waals surface area contributed by atoms with Gasteiger partial charge in [0.15, 0.2) is 0 Å². The normalized spacial score (nSPS) is 10.3. The molecule has 9 heteroatoms. The van der Waals surface area contributed by atoms with E-state index in [-0.39, 0.29) is 24.6 Å². The van der Waals surface area contributed by atoms with E-state index in [0.717, 1.165) is 11.1 Å². The Kier molecular flexibility index (Phi) is 7.89. The molecule has 0 fully saturated rings. The van der Waals surface area contributed by atoms with E-state index in [1.165, 1.54) is 24.3 Å². The van der Waals surface area contributed by atoms with Crippen LogP contribution in [0, 0.1) is 20.2 Å². The van der Waals surface area contributed by atoms with Crippen molar-refractivity contribution in [3.63, 3.8) is 0 Å². The van der Waals surface area contributed by atoms with E-state index in [1.807, 2.05) is 0 Å². The molecule has 2 aromatic rings. The maximum absolute atomic E-state index is 11.5. The second kappa shape index (κ2) is 10.6. The number of rotatable bonds is 10. The molecule has 2 aromatic carbocycles. The highest BCUT2D eigenvalue weighted by molar-refractivity contribution is 5.59. The van der Waals surface area contributed by atoms with E-state index in [2.05, 4.69) is 0 Å². The Morgan fingerprint density at radius 1 is 0.714 bits per heavy atom. The summed E-state index contributed by atoms with van der Waals surface area (Å²) in [5.41, 5.74) is 1.92. The van der Waals surface area contributed by atoms with Gasteiger partial charge in [0.05, 0.1) is 23.1 Å². The SMILES string of the molecule is O=C(OCCCc1ccc([N+](=O)[O-])cc1)OCCCc1ccc([N+](=O)[O-])cc1. The zero-order chi connectivity index (χ0) is 20.4. The van der Waals surface area contributed by atoms with Gasteiger partial charge in [0.1, 0.15) is 0 Å². The molecule has 9 nitrogen and oxygen atoms in total. The van der Waals surface area contributed by atoms with Gasteiger partial charge in [0, 0.05) is 24.3 Å². The van der Waals surface area contributed by atoms with Crippen molar-refractivity contribution in [1.82, 2.24) is 0 Å². The van der Waals surface area contributed by atoms with Gasteiger partial charge in [-0.2, -0.15) is 0 Å². The number of non-ortho nitro benzene ring substituents is 2. The third-order valence-corrected chi connectivity index (χ3v) is 3.95. The predicted molar refractivity (Wildman–Crippen MR) is 100 cm³/mol. The molecular formula is C19H20N2O7. The first-order valence-corrected chi connectivity index (χ1v) is 8.72. The van der Waals surface area contributed by atoms with Crippen LogP contribution in [0.4, 0.5) is 16.2 Å². The lowest BCUT2D eigenvalue weighted by Crippen LogP contribution is -2.10. The van der Waals surface area contributed by atoms with Gasteiger partial charge in [-0.1, -0.05) is 24.3 Å². The van der Waals surface area contributed by atoms with Crippen molar-refractivity contribution in [3.8, 4) is 0 Å². The summed E-state index contributed by atoms with van der Waals surface area (Å²) in [6.45, 7) is 0.385. The van der Waals surface area contributed by atoms with Crippen molar-refractivity contribution in [1.29, 1.82) is 0 Å². The first kappa shape index (κ1) is 20.8. The molecule has 28 heavy (non-hydrogen) atoms. The number of aryl methyl sites for hydroxylation is 2. The molecule has 0 saturated heterocycles. The van der Waals surface area contributed by atoms with Crippen LogP contribution in [0.25, 0.3) is 0 Å². The van der Waals surface area contributed by atoms with E-state index < -0.39 is 16.0 Å². The first-order valence-electron chi connectivity index (χ1n) is 8.72. The minimum Gasteiger partial charge on any atom is -0.434 e. The quantitative estimate of drug-likeness (QED) is 0.258. The molecular weight excluding hydrogens is 368 g/mol. The Hall–Kier alpha value is -3.49. The average Bonchev–Trinajstić information content (AvgIpc) is 2.69. The largest absolute Gasteiger partial charge is 0.508 e. The zero-order valence-electron chi connectivity index (χ0n) is 15.1. The second-order valence-electron chi connectivity index (χ2n) is 6.00. The molecule has 0 heterocycles. The van der Waals surface area contributed by atoms with Crippen molar-refractivity contribution >= 4 is 17.5 Å². The Bertz CT molecular complexity index is 737. The van der Waals surface area contributed by atoms with Crippen LogP contribution in [-0.4, -0.2) is 29.2 Å². The van der Waals surface area contributed by atoms with E-state index in [9.17, 15) is 25.0 Å². The first-order chi connectivity index (χ1) is 13.5. The fourth-order valence-corrected chi connectivity index (χ4v) is 2.47. The maximum Gasteiger partial charge on any atom is 0.508 e. The number of ether oxygens (including phenoxy) is 2. The van der Waals surface area contributed by atoms with Gasteiger partial charge in [-0.25, -0.2) is 4.79 Å². The van der Waals surface area contributed by atoms with Crippen molar-refractivity contribution < 1.29 is 24.1 Å². The summed E-state index contributed by atoms with van der Waals surface area (Å²) in [6.07, 6.45) is 1.68. The number of hydrogen-bond donors (Lipinski definition) is 0. The topological polar surface area (TPSA) is 122 Å². The van der Waals surface area contributed by atoms with Crippen LogP contribution in [0.15, 0.2) is 48.5 Å². The lowest BCUT2D eigenvalue weighted by Gasteiger charge is -2.06. The molecule has 0 aromatic heterocycles. The standard InChI is InChI=1S/C19H20N2O7/c22-19(27-13-1-3-15-5-9-17(10-6-15)20(23)24)28-14-2-4-16-7-11-18(12-8-16)21(25)26/h5-12H,1-4,13-14H2. The number of benzene rings is 2. The van der Waals surface area contributed by atoms with Gasteiger partial charge in [-0.15, -0.1) is 0 Å². The van der Waals surface area contributed by atoms with Gasteiger partial charge in [0.2, 0.25) is 0 Å². The lowest BCUT2D eigenvalue weighted by atomic mass is 10.1. The summed E-state index contributed by atoms with van der Waals surface area (Å²) in [4.78, 5) is 31.8. The number of nitrogens with zero attached hydrogens (tertiary/aromatic N) is 2. The minimum atomic E-state index is -0.743. The maximum atomic E-state index is 11.5. The molecule has 0 aliphatic heterocycles. The van der Waals surface area contributed by atoms with E-state index in [4.69, 9.17) is 9.47 Å². The Balaban J connectivity index is 1.56. The summed E-state index contributed by atoms with van der Waals surface area (Å²) >= 11 is 0. The molecule has 0 spiro atoms. The van der Waals surface area contributed by atoms with Crippen LogP contribution >= 0.6 is 0 Å². The Morgan fingerprint density at radius 2 is 1.07 bits per heavy atom. The van der Waals surface area contributed by atoms with E-state index in [0.29, 0.717) is 25.7 Å². The van der Waals surface area contributed by atoms with Crippen LogP contribution in [0.3, 0.4) is 0 Å². The third kappa shape index (κ3) is 7.02. The van der Waals surface area contributed by atoms with Gasteiger partial charge < -0.3 is 9.47 Å². The highest BCUT2D eigenvalue weighted by Crippen LogP contribution is 2.14. The summed E-state index contributed by atoms with van der Waals surface area (Å²) in [7, 11) is 0. The molecule has 2 rings (SSSR count). The number of carbonyl (C=O) groups excluding carboxylic acids is 1. The van der Waals surface area contributed by atoms with E-state index in [1.54, 1.807) is 24.3 Å². The number of carbonyl (C=O) groups is 1. The molecule has 0 radical (unpaired) electrons. The molecule has 0 aliphatic rings. The number of nitro groups is 2. The van der Waals surface area contributed by atoms with Crippen LogP contribution in [0.2, 0.25) is 0 Å². The summed E-state index contributed by atoms with van der Waals surface area (Å²) < 4.78 is 9.95. The molecule has 0 amide bonds. The van der Waals surface area contributed by atoms with Crippen LogP contribution in [0.5, 0.6) is 0 Å². The molecule has 0 unspecified atom stereocenters. The summed E-state index contributed by atoms with van der Waals surface area (Å²) in [5, 5.41) is 21.2. The second-order valence-corrected chi connectivity index (χ2v) is 6.00. The van der Waals surface area contributed by atoms with E-state index >= 15 is 0 Å². The van der Waals surface area contributed by atoms with Crippen molar-refractivity contribution in [3.05, 3.63) is 79.9 Å². The summed E-state index contributed by atoms with van der Waals surface area (Å²) in [6, 6.07) is 12.5. The Morgan fingerprint density at radius 3 is 1.39 bits per heavy atom. The van der Waals surface area contributed by atoms with Crippen LogP contribution in [0.1, 0.15) is 24.0 Å². The monoisotopic (exact) mass is 388 g/mol. The lowest BCUT2D eigenvalue weighted by molar-refractivity contribution is -0.385. The van der Waals surface area contributed by atoms with Crippen molar-refractivity contribution in [2.75, 3.05) is 13.2 Å².